The molecule has 0 saturated carbocycles. The number of ether oxygens (including phenoxy) is 2. The maximum atomic E-state index is 12.5. The molecule has 1 aliphatic rings. The number of carbonyl (C=O) groups excluding carboxylic acids is 4. The molecule has 1 aromatic carbocycles. The molecule has 0 atom stereocenters. The first-order valence-electron chi connectivity index (χ1n) is 9.85. The third-order valence-electron chi connectivity index (χ3n) is 4.39. The lowest BCUT2D eigenvalue weighted by atomic mass is 10.2. The van der Waals surface area contributed by atoms with Crippen LogP contribution in [0.5, 0.6) is 5.88 Å². The lowest BCUT2D eigenvalue weighted by Gasteiger charge is -2.33. The highest BCUT2D eigenvalue weighted by molar-refractivity contribution is 6.18. The monoisotopic (exact) mass is 440 g/mol. The molecule has 4 amide bonds. The van der Waals surface area contributed by atoms with E-state index in [1.807, 2.05) is 6.07 Å². The zero-order valence-corrected chi connectivity index (χ0v) is 18.3. The fourth-order valence-corrected chi connectivity index (χ4v) is 2.89. The van der Waals surface area contributed by atoms with Crippen LogP contribution in [-0.4, -0.2) is 59.6 Å². The van der Waals surface area contributed by atoms with Gasteiger partial charge in [0, 0.05) is 18.8 Å². The summed E-state index contributed by atoms with van der Waals surface area (Å²) in [7, 11) is 1.56. The minimum Gasteiger partial charge on any atom is -0.444 e. The summed E-state index contributed by atoms with van der Waals surface area (Å²) in [5.74, 6) is -1.18. The Bertz CT molecular complexity index is 999. The van der Waals surface area contributed by atoms with Crippen molar-refractivity contribution in [3.63, 3.8) is 0 Å². The number of para-hydroxylation sites is 1. The average Bonchev–Trinajstić information content (AvgIpc) is 2.73. The maximum Gasteiger partial charge on any atom is 0.420 e. The molecule has 0 aliphatic carbocycles. The van der Waals surface area contributed by atoms with Crippen LogP contribution in [0.2, 0.25) is 0 Å². The first kappa shape index (κ1) is 22.7. The van der Waals surface area contributed by atoms with E-state index in [4.69, 9.17) is 9.47 Å². The first-order chi connectivity index (χ1) is 15.0. The van der Waals surface area contributed by atoms with Crippen LogP contribution in [0.1, 0.15) is 20.8 Å². The van der Waals surface area contributed by atoms with E-state index in [-0.39, 0.29) is 24.7 Å². The fourth-order valence-electron chi connectivity index (χ4n) is 2.89. The van der Waals surface area contributed by atoms with Crippen LogP contribution in [-0.2, 0) is 14.3 Å². The van der Waals surface area contributed by atoms with Crippen molar-refractivity contribution >= 4 is 35.4 Å². The van der Waals surface area contributed by atoms with Crippen LogP contribution in [0.25, 0.3) is 0 Å². The fraction of sp³-hybridized carbons (Fsp3) is 0.318. The molecule has 10 nitrogen and oxygen atoms in total. The second-order valence-electron chi connectivity index (χ2n) is 8.08. The van der Waals surface area contributed by atoms with E-state index in [0.717, 1.165) is 9.80 Å². The molecular formula is C22H24N4O6. The molecule has 1 fully saturated rings. The number of anilines is 2. The average molecular weight is 440 g/mol. The standard InChI is InChI=1S/C22H24N4O6/c1-22(2,3)32-21(30)25-13-18(27)26(19(28)14-25)16-10-11-17(23-12-16)31-20(29)24(4)15-8-6-5-7-9-15/h5-12H,13-14H2,1-4H3. The van der Waals surface area contributed by atoms with Crippen molar-refractivity contribution in [2.75, 3.05) is 29.9 Å². The molecule has 168 valence electrons. The van der Waals surface area contributed by atoms with Gasteiger partial charge in [0.1, 0.15) is 18.7 Å². The smallest absolute Gasteiger partial charge is 0.420 e. The van der Waals surface area contributed by atoms with Crippen LogP contribution in [0.15, 0.2) is 48.7 Å². The molecule has 1 saturated heterocycles. The van der Waals surface area contributed by atoms with Gasteiger partial charge in [-0.25, -0.2) is 19.5 Å². The zero-order valence-electron chi connectivity index (χ0n) is 18.3. The Hall–Kier alpha value is -3.95. The second-order valence-corrected chi connectivity index (χ2v) is 8.08. The zero-order chi connectivity index (χ0) is 23.5. The second kappa shape index (κ2) is 9.04. The Morgan fingerprint density at radius 1 is 1.00 bits per heavy atom. The van der Waals surface area contributed by atoms with Crippen molar-refractivity contribution < 1.29 is 28.7 Å². The topological polar surface area (TPSA) is 109 Å². The Balaban J connectivity index is 1.64. The van der Waals surface area contributed by atoms with Crippen molar-refractivity contribution in [1.82, 2.24) is 9.88 Å². The summed E-state index contributed by atoms with van der Waals surface area (Å²) in [6.45, 7) is 4.48. The summed E-state index contributed by atoms with van der Waals surface area (Å²) >= 11 is 0. The maximum absolute atomic E-state index is 12.5. The highest BCUT2D eigenvalue weighted by atomic mass is 16.6. The van der Waals surface area contributed by atoms with Gasteiger partial charge in [0.15, 0.2) is 0 Å². The van der Waals surface area contributed by atoms with Gasteiger partial charge in [0.2, 0.25) is 5.88 Å². The minimum atomic E-state index is -0.744. The van der Waals surface area contributed by atoms with Crippen molar-refractivity contribution in [3.05, 3.63) is 48.7 Å². The van der Waals surface area contributed by atoms with E-state index >= 15 is 0 Å². The summed E-state index contributed by atoms with van der Waals surface area (Å²) in [5, 5.41) is 0. The van der Waals surface area contributed by atoms with Gasteiger partial charge in [-0.2, -0.15) is 0 Å². The number of hydrogen-bond acceptors (Lipinski definition) is 7. The number of aromatic nitrogens is 1. The third-order valence-corrected chi connectivity index (χ3v) is 4.39. The van der Waals surface area contributed by atoms with Crippen molar-refractivity contribution in [2.24, 2.45) is 0 Å². The number of pyridine rings is 1. The highest BCUT2D eigenvalue weighted by Crippen LogP contribution is 2.22. The molecule has 10 heteroatoms. The summed E-state index contributed by atoms with van der Waals surface area (Å²) < 4.78 is 10.5. The number of rotatable bonds is 3. The molecule has 1 aromatic heterocycles. The van der Waals surface area contributed by atoms with Gasteiger partial charge in [-0.05, 0) is 39.0 Å². The molecular weight excluding hydrogens is 416 g/mol. The Morgan fingerprint density at radius 3 is 2.16 bits per heavy atom. The number of benzene rings is 1. The van der Waals surface area contributed by atoms with Crippen LogP contribution in [0, 0.1) is 0 Å². The number of piperazine rings is 1. The SMILES string of the molecule is CN(C(=O)Oc1ccc(N2C(=O)CN(C(=O)OC(C)(C)C)CC2=O)cn1)c1ccccc1. The third kappa shape index (κ3) is 5.39. The number of hydrogen-bond donors (Lipinski definition) is 0. The Kier molecular flexibility index (Phi) is 6.42. The number of imide groups is 1. The molecule has 0 spiro atoms. The number of nitrogens with zero attached hydrogens (tertiary/aromatic N) is 4. The van der Waals surface area contributed by atoms with Crippen LogP contribution in [0.3, 0.4) is 0 Å². The van der Waals surface area contributed by atoms with E-state index in [0.29, 0.717) is 5.69 Å². The number of amides is 4. The summed E-state index contributed by atoms with van der Waals surface area (Å²) in [6, 6.07) is 11.8. The summed E-state index contributed by atoms with van der Waals surface area (Å²) in [4.78, 5) is 56.9. The Labute approximate surface area is 185 Å². The summed E-state index contributed by atoms with van der Waals surface area (Å²) in [5.41, 5.74) is 0.111. The summed E-state index contributed by atoms with van der Waals surface area (Å²) in [6.07, 6.45) is -0.124. The van der Waals surface area contributed by atoms with Gasteiger partial charge in [0.05, 0.1) is 11.9 Å². The molecule has 0 radical (unpaired) electrons. The predicted molar refractivity (Wildman–Crippen MR) is 115 cm³/mol. The van der Waals surface area contributed by atoms with Crippen molar-refractivity contribution in [2.45, 2.75) is 26.4 Å². The van der Waals surface area contributed by atoms with Crippen LogP contribution in [0.4, 0.5) is 21.0 Å². The molecule has 0 N–H and O–H groups in total. The van der Waals surface area contributed by atoms with Gasteiger partial charge < -0.3 is 9.47 Å². The highest BCUT2D eigenvalue weighted by Gasteiger charge is 2.36. The van der Waals surface area contributed by atoms with E-state index in [1.54, 1.807) is 52.1 Å². The molecule has 32 heavy (non-hydrogen) atoms. The van der Waals surface area contributed by atoms with Crippen molar-refractivity contribution in [1.29, 1.82) is 0 Å². The molecule has 2 aromatic rings. The minimum absolute atomic E-state index is 0.00817. The molecule has 3 rings (SSSR count). The van der Waals surface area contributed by atoms with Crippen molar-refractivity contribution in [3.8, 4) is 5.88 Å². The van der Waals surface area contributed by atoms with Gasteiger partial charge in [-0.15, -0.1) is 0 Å². The van der Waals surface area contributed by atoms with E-state index in [1.165, 1.54) is 23.2 Å². The Morgan fingerprint density at radius 2 is 1.62 bits per heavy atom. The largest absolute Gasteiger partial charge is 0.444 e. The molecule has 0 bridgehead atoms. The van der Waals surface area contributed by atoms with Gasteiger partial charge >= 0.3 is 12.2 Å². The number of carbonyl (C=O) groups is 4. The van der Waals surface area contributed by atoms with Crippen LogP contribution < -0.4 is 14.5 Å². The lowest BCUT2D eigenvalue weighted by molar-refractivity contribution is -0.131. The molecule has 2 heterocycles. The van der Waals surface area contributed by atoms with Crippen LogP contribution >= 0.6 is 0 Å². The van der Waals surface area contributed by atoms with Gasteiger partial charge in [-0.3, -0.25) is 19.4 Å². The lowest BCUT2D eigenvalue weighted by Crippen LogP contribution is -2.56. The first-order valence-corrected chi connectivity index (χ1v) is 9.85. The molecule has 0 unspecified atom stereocenters. The predicted octanol–water partition coefficient (Wildman–Crippen LogP) is 2.83. The van der Waals surface area contributed by atoms with E-state index < -0.39 is 29.6 Å². The quantitative estimate of drug-likeness (QED) is 0.675. The van der Waals surface area contributed by atoms with Gasteiger partial charge in [0.25, 0.3) is 11.8 Å². The van der Waals surface area contributed by atoms with E-state index in [9.17, 15) is 19.2 Å². The molecule has 1 aliphatic heterocycles. The normalized spacial score (nSPS) is 14.2. The van der Waals surface area contributed by atoms with E-state index in [2.05, 4.69) is 4.98 Å². The van der Waals surface area contributed by atoms with Gasteiger partial charge in [-0.1, -0.05) is 18.2 Å².